The van der Waals surface area contributed by atoms with Crippen LogP contribution in [0, 0.1) is 0 Å². The number of aromatic nitrogens is 2. The highest BCUT2D eigenvalue weighted by atomic mass is 16.3. The van der Waals surface area contributed by atoms with Crippen molar-refractivity contribution in [3.05, 3.63) is 59.4 Å². The standard InChI is InChI=1S/C14H16N2O/c1-3-12-9-10-13(16-15-12)14(2,17)11-7-5-4-6-8-11/h4-10,17H,3H2,1-2H3. The molecule has 2 rings (SSSR count). The zero-order valence-electron chi connectivity index (χ0n) is 10.1. The number of rotatable bonds is 3. The van der Waals surface area contributed by atoms with Gasteiger partial charge in [0.1, 0.15) is 5.60 Å². The Balaban J connectivity index is 2.37. The predicted octanol–water partition coefficient (Wildman–Crippen LogP) is 2.29. The van der Waals surface area contributed by atoms with Gasteiger partial charge in [0.2, 0.25) is 0 Å². The lowest BCUT2D eigenvalue weighted by Crippen LogP contribution is -2.24. The Bertz CT molecular complexity index is 477. The SMILES string of the molecule is CCc1ccc(C(C)(O)c2ccccc2)nn1. The Labute approximate surface area is 101 Å². The Kier molecular flexibility index (Phi) is 3.20. The fraction of sp³-hybridized carbons (Fsp3) is 0.286. The van der Waals surface area contributed by atoms with E-state index in [1.165, 1.54) is 0 Å². The molecule has 1 N–H and O–H groups in total. The molecule has 1 heterocycles. The summed E-state index contributed by atoms with van der Waals surface area (Å²) in [5, 5.41) is 18.7. The van der Waals surface area contributed by atoms with Crippen molar-refractivity contribution in [2.45, 2.75) is 25.9 Å². The normalized spacial score (nSPS) is 14.3. The summed E-state index contributed by atoms with van der Waals surface area (Å²) in [6.45, 7) is 3.76. The van der Waals surface area contributed by atoms with Gasteiger partial charge in [0.05, 0.1) is 11.4 Å². The van der Waals surface area contributed by atoms with E-state index < -0.39 is 5.60 Å². The van der Waals surface area contributed by atoms with Gasteiger partial charge in [-0.25, -0.2) is 0 Å². The van der Waals surface area contributed by atoms with Crippen molar-refractivity contribution in [3.63, 3.8) is 0 Å². The second kappa shape index (κ2) is 4.63. The molecule has 0 spiro atoms. The first-order valence-electron chi connectivity index (χ1n) is 5.75. The van der Waals surface area contributed by atoms with Crippen LogP contribution in [0.3, 0.4) is 0 Å². The van der Waals surface area contributed by atoms with Gasteiger partial charge in [-0.15, -0.1) is 0 Å². The Morgan fingerprint density at radius 2 is 1.76 bits per heavy atom. The molecule has 1 atom stereocenters. The van der Waals surface area contributed by atoms with Gasteiger partial charge in [-0.3, -0.25) is 0 Å². The second-order valence-corrected chi connectivity index (χ2v) is 4.20. The van der Waals surface area contributed by atoms with Crippen molar-refractivity contribution in [1.29, 1.82) is 0 Å². The minimum absolute atomic E-state index is 0.570. The van der Waals surface area contributed by atoms with Crippen LogP contribution in [0.1, 0.15) is 30.8 Å². The maximum absolute atomic E-state index is 10.5. The zero-order valence-corrected chi connectivity index (χ0v) is 10.1. The molecule has 0 fully saturated rings. The Hall–Kier alpha value is -1.74. The number of benzene rings is 1. The summed E-state index contributed by atoms with van der Waals surface area (Å²) in [5.41, 5.74) is 1.22. The van der Waals surface area contributed by atoms with Crippen molar-refractivity contribution in [1.82, 2.24) is 10.2 Å². The van der Waals surface area contributed by atoms with Crippen molar-refractivity contribution in [3.8, 4) is 0 Å². The number of nitrogens with zero attached hydrogens (tertiary/aromatic N) is 2. The molecule has 1 aromatic carbocycles. The third-order valence-electron chi connectivity index (χ3n) is 2.92. The fourth-order valence-corrected chi connectivity index (χ4v) is 1.72. The Morgan fingerprint density at radius 3 is 2.29 bits per heavy atom. The first-order valence-corrected chi connectivity index (χ1v) is 5.75. The molecule has 1 unspecified atom stereocenters. The van der Waals surface area contributed by atoms with E-state index in [1.54, 1.807) is 6.92 Å². The van der Waals surface area contributed by atoms with Crippen molar-refractivity contribution in [2.24, 2.45) is 0 Å². The van der Waals surface area contributed by atoms with Gasteiger partial charge >= 0.3 is 0 Å². The maximum Gasteiger partial charge on any atom is 0.130 e. The molecule has 88 valence electrons. The summed E-state index contributed by atoms with van der Waals surface area (Å²) in [5.74, 6) is 0. The maximum atomic E-state index is 10.5. The lowest BCUT2D eigenvalue weighted by molar-refractivity contribution is 0.0962. The third-order valence-corrected chi connectivity index (χ3v) is 2.92. The summed E-state index contributed by atoms with van der Waals surface area (Å²) in [7, 11) is 0. The summed E-state index contributed by atoms with van der Waals surface area (Å²) in [6, 6.07) is 13.2. The van der Waals surface area contributed by atoms with Gasteiger partial charge in [0.15, 0.2) is 0 Å². The van der Waals surface area contributed by atoms with E-state index in [-0.39, 0.29) is 0 Å². The Morgan fingerprint density at radius 1 is 1.06 bits per heavy atom. The van der Waals surface area contributed by atoms with E-state index in [9.17, 15) is 5.11 Å². The predicted molar refractivity (Wildman–Crippen MR) is 66.5 cm³/mol. The molecular weight excluding hydrogens is 212 g/mol. The average Bonchev–Trinajstić information content (AvgIpc) is 2.40. The molecule has 1 aromatic heterocycles. The average molecular weight is 228 g/mol. The van der Waals surface area contributed by atoms with Gasteiger partial charge in [0, 0.05) is 0 Å². The van der Waals surface area contributed by atoms with Crippen LogP contribution in [0.4, 0.5) is 0 Å². The molecule has 0 saturated carbocycles. The first kappa shape index (κ1) is 11.7. The molecule has 0 amide bonds. The summed E-state index contributed by atoms with van der Waals surface area (Å²) in [4.78, 5) is 0. The number of hydrogen-bond donors (Lipinski definition) is 1. The van der Waals surface area contributed by atoms with E-state index in [2.05, 4.69) is 10.2 Å². The molecule has 3 heteroatoms. The van der Waals surface area contributed by atoms with Gasteiger partial charge in [-0.2, -0.15) is 10.2 Å². The van der Waals surface area contributed by atoms with E-state index >= 15 is 0 Å². The lowest BCUT2D eigenvalue weighted by atomic mass is 9.92. The highest BCUT2D eigenvalue weighted by Crippen LogP contribution is 2.26. The van der Waals surface area contributed by atoms with Gasteiger partial charge in [0.25, 0.3) is 0 Å². The van der Waals surface area contributed by atoms with E-state index in [1.807, 2.05) is 49.4 Å². The van der Waals surface area contributed by atoms with Crippen LogP contribution in [0.25, 0.3) is 0 Å². The van der Waals surface area contributed by atoms with E-state index in [0.29, 0.717) is 5.69 Å². The zero-order chi connectivity index (χ0) is 12.3. The van der Waals surface area contributed by atoms with Crippen LogP contribution in [-0.4, -0.2) is 15.3 Å². The van der Waals surface area contributed by atoms with Crippen LogP contribution >= 0.6 is 0 Å². The van der Waals surface area contributed by atoms with E-state index in [4.69, 9.17) is 0 Å². The summed E-state index contributed by atoms with van der Waals surface area (Å²) < 4.78 is 0. The summed E-state index contributed by atoms with van der Waals surface area (Å²) >= 11 is 0. The van der Waals surface area contributed by atoms with Crippen LogP contribution < -0.4 is 0 Å². The van der Waals surface area contributed by atoms with Crippen LogP contribution in [0.2, 0.25) is 0 Å². The molecule has 0 radical (unpaired) electrons. The minimum Gasteiger partial charge on any atom is -0.379 e. The highest BCUT2D eigenvalue weighted by molar-refractivity contribution is 5.30. The quantitative estimate of drug-likeness (QED) is 0.876. The van der Waals surface area contributed by atoms with Crippen molar-refractivity contribution >= 4 is 0 Å². The lowest BCUT2D eigenvalue weighted by Gasteiger charge is -2.22. The van der Waals surface area contributed by atoms with Gasteiger partial charge in [-0.1, -0.05) is 37.3 Å². The fourth-order valence-electron chi connectivity index (χ4n) is 1.72. The van der Waals surface area contributed by atoms with Crippen LogP contribution in [-0.2, 0) is 12.0 Å². The second-order valence-electron chi connectivity index (χ2n) is 4.20. The molecule has 2 aromatic rings. The minimum atomic E-state index is -1.10. The number of hydrogen-bond acceptors (Lipinski definition) is 3. The smallest absolute Gasteiger partial charge is 0.130 e. The van der Waals surface area contributed by atoms with E-state index in [0.717, 1.165) is 17.7 Å². The molecule has 0 aliphatic carbocycles. The topological polar surface area (TPSA) is 46.0 Å². The number of aryl methyl sites for hydroxylation is 1. The highest BCUT2D eigenvalue weighted by Gasteiger charge is 2.27. The monoisotopic (exact) mass is 228 g/mol. The first-order chi connectivity index (χ1) is 8.14. The largest absolute Gasteiger partial charge is 0.379 e. The third kappa shape index (κ3) is 2.34. The summed E-state index contributed by atoms with van der Waals surface area (Å²) in [6.07, 6.45) is 0.848. The molecule has 17 heavy (non-hydrogen) atoms. The molecular formula is C14H16N2O. The molecule has 0 saturated heterocycles. The molecule has 0 bridgehead atoms. The van der Waals surface area contributed by atoms with Gasteiger partial charge < -0.3 is 5.11 Å². The van der Waals surface area contributed by atoms with Crippen LogP contribution in [0.5, 0.6) is 0 Å². The van der Waals surface area contributed by atoms with Gasteiger partial charge in [-0.05, 0) is 31.0 Å². The molecule has 3 nitrogen and oxygen atoms in total. The van der Waals surface area contributed by atoms with Crippen LogP contribution in [0.15, 0.2) is 42.5 Å². The van der Waals surface area contributed by atoms with Crippen molar-refractivity contribution < 1.29 is 5.11 Å². The van der Waals surface area contributed by atoms with Crippen molar-refractivity contribution in [2.75, 3.05) is 0 Å². The molecule has 0 aliphatic heterocycles. The molecule has 0 aliphatic rings. The number of aliphatic hydroxyl groups is 1.